The molecule has 6 heteroatoms. The van der Waals surface area contributed by atoms with E-state index in [0.29, 0.717) is 5.75 Å². The number of nitriles is 1. The predicted molar refractivity (Wildman–Crippen MR) is 124 cm³/mol. The van der Waals surface area contributed by atoms with Crippen LogP contribution in [0.1, 0.15) is 46.0 Å². The van der Waals surface area contributed by atoms with Crippen molar-refractivity contribution in [3.8, 4) is 12.0 Å². The fourth-order valence-electron chi connectivity index (χ4n) is 4.19. The Morgan fingerprint density at radius 2 is 1.89 bits per heavy atom. The summed E-state index contributed by atoms with van der Waals surface area (Å²) in [4.78, 5) is 2.44. The second kappa shape index (κ2) is 9.41. The first-order valence-corrected chi connectivity index (χ1v) is 11.3. The van der Waals surface area contributed by atoms with Gasteiger partial charge in [-0.05, 0) is 54.5 Å². The number of rotatable bonds is 2. The van der Waals surface area contributed by atoms with Gasteiger partial charge in [0.25, 0.3) is 6.26 Å². The zero-order chi connectivity index (χ0) is 20.1. The second-order valence-electron chi connectivity index (χ2n) is 7.64. The summed E-state index contributed by atoms with van der Waals surface area (Å²) in [6.07, 6.45) is 7.62. The van der Waals surface area contributed by atoms with Crippen molar-refractivity contribution in [3.63, 3.8) is 0 Å². The predicted octanol–water partition coefficient (Wildman–Crippen LogP) is 4.27. The lowest BCUT2D eigenvalue weighted by atomic mass is 9.88. The molecule has 150 valence electrons. The van der Waals surface area contributed by atoms with Crippen molar-refractivity contribution in [2.45, 2.75) is 51.6 Å². The monoisotopic (exact) mass is 416 g/mol. The zero-order valence-corrected chi connectivity index (χ0v) is 19.1. The Morgan fingerprint density at radius 1 is 1.18 bits per heavy atom. The van der Waals surface area contributed by atoms with Gasteiger partial charge in [-0.1, -0.05) is 26.3 Å². The van der Waals surface area contributed by atoms with Crippen LogP contribution in [0.25, 0.3) is 10.8 Å². The topological polar surface area (TPSA) is 45.5 Å². The third-order valence-electron chi connectivity index (χ3n) is 5.47. The molecule has 28 heavy (non-hydrogen) atoms. The molecule has 2 atom stereocenters. The second-order valence-corrected chi connectivity index (χ2v) is 8.93. The minimum absolute atomic E-state index is 0.119. The van der Waals surface area contributed by atoms with Crippen molar-refractivity contribution >= 4 is 45.5 Å². The number of anilines is 1. The summed E-state index contributed by atoms with van der Waals surface area (Å²) in [6, 6.07) is 8.32. The molecule has 2 fully saturated rings. The van der Waals surface area contributed by atoms with E-state index >= 15 is 0 Å². The lowest BCUT2D eigenvalue weighted by Gasteiger charge is -2.40. The molecule has 0 saturated carbocycles. The SMILES string of the molecule is CCC.N#COc1cc(P)cc2c(N3CCC4(CCCO4)CC3)ccc(P)c12. The Balaban J connectivity index is 0.000000706. The number of ether oxygens (including phenoxy) is 2. The summed E-state index contributed by atoms with van der Waals surface area (Å²) in [5.41, 5.74) is 1.33. The molecule has 2 saturated heterocycles. The molecule has 2 unspecified atom stereocenters. The molecular weight excluding hydrogens is 386 g/mol. The molecule has 2 heterocycles. The number of piperidine rings is 1. The highest BCUT2D eigenvalue weighted by atomic mass is 31.0. The van der Waals surface area contributed by atoms with Crippen LogP contribution in [0.5, 0.6) is 5.75 Å². The van der Waals surface area contributed by atoms with E-state index in [-0.39, 0.29) is 5.60 Å². The molecule has 0 aromatic heterocycles. The maximum Gasteiger partial charge on any atom is 0.292 e. The molecule has 2 aromatic rings. The molecule has 4 nitrogen and oxygen atoms in total. The van der Waals surface area contributed by atoms with Crippen molar-refractivity contribution in [1.29, 1.82) is 5.26 Å². The maximum atomic E-state index is 8.99. The maximum absolute atomic E-state index is 8.99. The molecule has 2 aliphatic heterocycles. The Labute approximate surface area is 173 Å². The Morgan fingerprint density at radius 3 is 2.50 bits per heavy atom. The number of nitrogens with zero attached hydrogens (tertiary/aromatic N) is 2. The summed E-state index contributed by atoms with van der Waals surface area (Å²) >= 11 is 0. The lowest BCUT2D eigenvalue weighted by Crippen LogP contribution is -2.44. The van der Waals surface area contributed by atoms with E-state index in [0.717, 1.165) is 53.9 Å². The van der Waals surface area contributed by atoms with Crippen LogP contribution in [0.3, 0.4) is 0 Å². The van der Waals surface area contributed by atoms with Gasteiger partial charge in [0.2, 0.25) is 0 Å². The molecular formula is C22H30N2O2P2. The van der Waals surface area contributed by atoms with Gasteiger partial charge < -0.3 is 14.4 Å². The summed E-state index contributed by atoms with van der Waals surface area (Å²) in [5.74, 6) is 0.615. The van der Waals surface area contributed by atoms with Crippen molar-refractivity contribution in [3.05, 3.63) is 24.3 Å². The first kappa shape index (κ1) is 21.3. The van der Waals surface area contributed by atoms with Crippen molar-refractivity contribution in [2.24, 2.45) is 0 Å². The molecule has 2 aromatic carbocycles. The normalized spacial score (nSPS) is 17.9. The summed E-state index contributed by atoms with van der Waals surface area (Å²) < 4.78 is 11.3. The fourth-order valence-corrected chi connectivity index (χ4v) is 4.90. The highest BCUT2D eigenvalue weighted by Gasteiger charge is 2.38. The van der Waals surface area contributed by atoms with E-state index in [9.17, 15) is 0 Å². The minimum Gasteiger partial charge on any atom is -0.387 e. The van der Waals surface area contributed by atoms with Gasteiger partial charge in [0.05, 0.1) is 5.60 Å². The number of benzene rings is 2. The van der Waals surface area contributed by atoms with Gasteiger partial charge in [-0.3, -0.25) is 0 Å². The van der Waals surface area contributed by atoms with Crippen LogP contribution in [0.2, 0.25) is 0 Å². The van der Waals surface area contributed by atoms with Crippen LogP contribution in [-0.4, -0.2) is 25.3 Å². The average Bonchev–Trinajstić information content (AvgIpc) is 3.12. The molecule has 1 spiro atoms. The molecule has 0 amide bonds. The number of fused-ring (bicyclic) bond motifs is 1. The van der Waals surface area contributed by atoms with E-state index < -0.39 is 0 Å². The third kappa shape index (κ3) is 4.44. The first-order chi connectivity index (χ1) is 13.5. The van der Waals surface area contributed by atoms with E-state index in [1.807, 2.05) is 12.3 Å². The molecule has 0 N–H and O–H groups in total. The highest BCUT2D eigenvalue weighted by molar-refractivity contribution is 7.28. The summed E-state index contributed by atoms with van der Waals surface area (Å²) in [5, 5.41) is 13.2. The third-order valence-corrected chi connectivity index (χ3v) is 6.28. The van der Waals surface area contributed by atoms with Gasteiger partial charge in [-0.2, -0.15) is 0 Å². The van der Waals surface area contributed by atoms with Crippen LogP contribution in [0.4, 0.5) is 5.69 Å². The van der Waals surface area contributed by atoms with Gasteiger partial charge >= 0.3 is 0 Å². The largest absolute Gasteiger partial charge is 0.387 e. The van der Waals surface area contributed by atoms with Crippen LogP contribution in [-0.2, 0) is 4.74 Å². The van der Waals surface area contributed by atoms with Crippen LogP contribution >= 0.6 is 18.5 Å². The molecule has 0 aliphatic carbocycles. The molecule has 2 aliphatic rings. The standard InChI is InChI=1S/C19H22N2O2P2.C3H8/c20-12-22-16-11-13(24)10-14-15(2-3-17(25)18(14)16)21-7-5-19(6-8-21)4-1-9-23-19;1-3-2/h2-3,10-11H,1,4-9,24-25H2;3H2,1-2H3. The van der Waals surface area contributed by atoms with E-state index in [1.165, 1.54) is 24.9 Å². The Kier molecular flexibility index (Phi) is 7.16. The average molecular weight is 416 g/mol. The Bertz CT molecular complexity index is 863. The van der Waals surface area contributed by atoms with Crippen LogP contribution in [0.15, 0.2) is 24.3 Å². The smallest absolute Gasteiger partial charge is 0.292 e. The van der Waals surface area contributed by atoms with E-state index in [2.05, 4.69) is 55.4 Å². The summed E-state index contributed by atoms with van der Waals surface area (Å²) in [6.45, 7) is 7.16. The lowest BCUT2D eigenvalue weighted by molar-refractivity contribution is -0.0145. The van der Waals surface area contributed by atoms with Gasteiger partial charge in [0.1, 0.15) is 0 Å². The van der Waals surface area contributed by atoms with E-state index in [4.69, 9.17) is 14.7 Å². The number of hydrogen-bond donors (Lipinski definition) is 0. The summed E-state index contributed by atoms with van der Waals surface area (Å²) in [7, 11) is 5.47. The molecule has 0 radical (unpaired) electrons. The van der Waals surface area contributed by atoms with Crippen LogP contribution in [0, 0.1) is 11.5 Å². The van der Waals surface area contributed by atoms with Gasteiger partial charge in [-0.25, -0.2) is 0 Å². The van der Waals surface area contributed by atoms with Crippen molar-refractivity contribution < 1.29 is 9.47 Å². The molecule has 0 bridgehead atoms. The number of hydrogen-bond acceptors (Lipinski definition) is 4. The fraction of sp³-hybridized carbons (Fsp3) is 0.500. The van der Waals surface area contributed by atoms with Gasteiger partial charge in [0, 0.05) is 36.2 Å². The van der Waals surface area contributed by atoms with Gasteiger partial charge in [-0.15, -0.1) is 23.7 Å². The van der Waals surface area contributed by atoms with Crippen LogP contribution < -0.4 is 20.2 Å². The zero-order valence-electron chi connectivity index (χ0n) is 16.8. The first-order valence-electron chi connectivity index (χ1n) is 10.1. The van der Waals surface area contributed by atoms with E-state index in [1.54, 1.807) is 0 Å². The van der Waals surface area contributed by atoms with Gasteiger partial charge in [0.15, 0.2) is 5.75 Å². The Hall–Kier alpha value is -1.39. The highest BCUT2D eigenvalue weighted by Crippen LogP contribution is 2.39. The molecule has 4 rings (SSSR count). The minimum atomic E-state index is 0.119. The quantitative estimate of drug-likeness (QED) is 0.542. The van der Waals surface area contributed by atoms with Crippen molar-refractivity contribution in [1.82, 2.24) is 0 Å². The van der Waals surface area contributed by atoms with Crippen molar-refractivity contribution in [2.75, 3.05) is 24.6 Å².